The van der Waals surface area contributed by atoms with Gasteiger partial charge in [-0.2, -0.15) is 0 Å². The highest BCUT2D eigenvalue weighted by Crippen LogP contribution is 2.18. The van der Waals surface area contributed by atoms with Gasteiger partial charge in [-0.25, -0.2) is 9.37 Å². The topological polar surface area (TPSA) is 72.9 Å². The largest absolute Gasteiger partial charge is 0.369 e. The van der Waals surface area contributed by atoms with E-state index in [0.29, 0.717) is 11.0 Å². The molecule has 0 aliphatic carbocycles. The fourth-order valence-corrected chi connectivity index (χ4v) is 1.79. The third kappa shape index (κ3) is 2.42. The smallest absolute Gasteiger partial charge is 0.240 e. The minimum absolute atomic E-state index is 0.0317. The standard InChI is InChI=1S/C12H15FN4O/c1-7(2)15-11(18)6-17-10-5-8(13)3-4-9(10)16-12(17)14/h3-5,7H,6H2,1-2H3,(H2,14,16)(H,15,18). The van der Waals surface area contributed by atoms with Crippen molar-refractivity contribution in [2.75, 3.05) is 5.73 Å². The summed E-state index contributed by atoms with van der Waals surface area (Å²) in [5, 5.41) is 2.75. The highest BCUT2D eigenvalue weighted by Gasteiger charge is 2.12. The van der Waals surface area contributed by atoms with Gasteiger partial charge in [-0.3, -0.25) is 4.79 Å². The van der Waals surface area contributed by atoms with Crippen molar-refractivity contribution in [1.29, 1.82) is 0 Å². The summed E-state index contributed by atoms with van der Waals surface area (Å²) >= 11 is 0. The predicted octanol–water partition coefficient (Wildman–Crippen LogP) is 1.28. The lowest BCUT2D eigenvalue weighted by atomic mass is 10.3. The Labute approximate surface area is 104 Å². The molecule has 1 heterocycles. The summed E-state index contributed by atoms with van der Waals surface area (Å²) in [6, 6.07) is 4.22. The van der Waals surface area contributed by atoms with Crippen LogP contribution in [-0.2, 0) is 11.3 Å². The van der Waals surface area contributed by atoms with Gasteiger partial charge in [0.15, 0.2) is 0 Å². The van der Waals surface area contributed by atoms with E-state index in [-0.39, 0.29) is 30.3 Å². The van der Waals surface area contributed by atoms with Gasteiger partial charge < -0.3 is 15.6 Å². The van der Waals surface area contributed by atoms with E-state index in [2.05, 4.69) is 10.3 Å². The summed E-state index contributed by atoms with van der Waals surface area (Å²) < 4.78 is 14.7. The van der Waals surface area contributed by atoms with Gasteiger partial charge >= 0.3 is 0 Å². The molecule has 0 saturated carbocycles. The van der Waals surface area contributed by atoms with E-state index in [1.165, 1.54) is 22.8 Å². The molecule has 2 rings (SSSR count). The summed E-state index contributed by atoms with van der Waals surface area (Å²) in [6.07, 6.45) is 0. The number of nitrogens with one attached hydrogen (secondary N) is 1. The number of carbonyl (C=O) groups excluding carboxylic acids is 1. The van der Waals surface area contributed by atoms with Crippen molar-refractivity contribution in [2.24, 2.45) is 0 Å². The molecule has 1 aromatic heterocycles. The Bertz CT molecular complexity index is 591. The number of hydrogen-bond acceptors (Lipinski definition) is 3. The lowest BCUT2D eigenvalue weighted by Crippen LogP contribution is -2.33. The highest BCUT2D eigenvalue weighted by molar-refractivity contribution is 5.82. The number of aromatic nitrogens is 2. The summed E-state index contributed by atoms with van der Waals surface area (Å²) in [5.74, 6) is -0.359. The number of fused-ring (bicyclic) bond motifs is 1. The first kappa shape index (κ1) is 12.3. The van der Waals surface area contributed by atoms with Gasteiger partial charge in [-0.15, -0.1) is 0 Å². The number of rotatable bonds is 3. The number of nitrogens with zero attached hydrogens (tertiary/aromatic N) is 2. The minimum Gasteiger partial charge on any atom is -0.369 e. The molecule has 0 spiro atoms. The van der Waals surface area contributed by atoms with Crippen LogP contribution in [0.4, 0.5) is 10.3 Å². The maximum atomic E-state index is 13.2. The van der Waals surface area contributed by atoms with Crippen LogP contribution < -0.4 is 11.1 Å². The van der Waals surface area contributed by atoms with Crippen molar-refractivity contribution in [3.8, 4) is 0 Å². The zero-order valence-corrected chi connectivity index (χ0v) is 10.3. The molecule has 0 radical (unpaired) electrons. The number of imidazole rings is 1. The molecule has 0 unspecified atom stereocenters. The number of hydrogen-bond donors (Lipinski definition) is 2. The van der Waals surface area contributed by atoms with Crippen molar-refractivity contribution in [2.45, 2.75) is 26.4 Å². The lowest BCUT2D eigenvalue weighted by molar-refractivity contribution is -0.122. The second-order valence-electron chi connectivity index (χ2n) is 4.41. The molecule has 1 aromatic carbocycles. The molecular formula is C12H15FN4O. The maximum Gasteiger partial charge on any atom is 0.240 e. The molecule has 0 atom stereocenters. The predicted molar refractivity (Wildman–Crippen MR) is 67.4 cm³/mol. The van der Waals surface area contributed by atoms with Gasteiger partial charge in [0.1, 0.15) is 12.4 Å². The Morgan fingerprint density at radius 1 is 1.56 bits per heavy atom. The normalized spacial score (nSPS) is 11.1. The fourth-order valence-electron chi connectivity index (χ4n) is 1.79. The van der Waals surface area contributed by atoms with Crippen LogP contribution >= 0.6 is 0 Å². The number of anilines is 1. The van der Waals surface area contributed by atoms with Crippen LogP contribution in [0.15, 0.2) is 18.2 Å². The van der Waals surface area contributed by atoms with Crippen molar-refractivity contribution in [3.05, 3.63) is 24.0 Å². The molecule has 6 heteroatoms. The SMILES string of the molecule is CC(C)NC(=O)Cn1c(N)nc2ccc(F)cc21. The summed E-state index contributed by atoms with van der Waals surface area (Å²) in [5.41, 5.74) is 6.83. The minimum atomic E-state index is -0.382. The molecule has 5 nitrogen and oxygen atoms in total. The number of nitrogens with two attached hydrogens (primary N) is 1. The number of benzene rings is 1. The zero-order chi connectivity index (χ0) is 13.3. The van der Waals surface area contributed by atoms with Gasteiger partial charge in [0.2, 0.25) is 11.9 Å². The maximum absolute atomic E-state index is 13.2. The highest BCUT2D eigenvalue weighted by atomic mass is 19.1. The van der Waals surface area contributed by atoms with Gasteiger partial charge in [0, 0.05) is 6.04 Å². The monoisotopic (exact) mass is 250 g/mol. The van der Waals surface area contributed by atoms with E-state index in [4.69, 9.17) is 5.73 Å². The van der Waals surface area contributed by atoms with Crippen LogP contribution in [-0.4, -0.2) is 21.5 Å². The van der Waals surface area contributed by atoms with Crippen molar-refractivity contribution < 1.29 is 9.18 Å². The van der Waals surface area contributed by atoms with Crippen LogP contribution in [0, 0.1) is 5.82 Å². The third-order valence-electron chi connectivity index (χ3n) is 2.49. The zero-order valence-electron chi connectivity index (χ0n) is 10.3. The van der Waals surface area contributed by atoms with Gasteiger partial charge in [-0.05, 0) is 32.0 Å². The molecule has 0 fully saturated rings. The third-order valence-corrected chi connectivity index (χ3v) is 2.49. The fraction of sp³-hybridized carbons (Fsp3) is 0.333. The molecule has 0 aliphatic rings. The second kappa shape index (κ2) is 4.64. The number of halogens is 1. The van der Waals surface area contributed by atoms with E-state index >= 15 is 0 Å². The van der Waals surface area contributed by atoms with E-state index in [1.807, 2.05) is 13.8 Å². The molecule has 0 bridgehead atoms. The molecule has 3 N–H and O–H groups in total. The van der Waals surface area contributed by atoms with Crippen LogP contribution in [0.2, 0.25) is 0 Å². The van der Waals surface area contributed by atoms with E-state index in [9.17, 15) is 9.18 Å². The van der Waals surface area contributed by atoms with Crippen molar-refractivity contribution in [3.63, 3.8) is 0 Å². The van der Waals surface area contributed by atoms with Gasteiger partial charge in [0.05, 0.1) is 11.0 Å². The molecule has 0 aliphatic heterocycles. The van der Waals surface area contributed by atoms with Gasteiger partial charge in [-0.1, -0.05) is 0 Å². The van der Waals surface area contributed by atoms with Crippen molar-refractivity contribution in [1.82, 2.24) is 14.9 Å². The molecule has 96 valence electrons. The second-order valence-corrected chi connectivity index (χ2v) is 4.41. The Morgan fingerprint density at radius 2 is 2.28 bits per heavy atom. The number of amides is 1. The first-order chi connectivity index (χ1) is 8.47. The summed E-state index contributed by atoms with van der Waals surface area (Å²) in [7, 11) is 0. The van der Waals surface area contributed by atoms with Crippen LogP contribution in [0.3, 0.4) is 0 Å². The first-order valence-electron chi connectivity index (χ1n) is 5.68. The van der Waals surface area contributed by atoms with Crippen LogP contribution in [0.1, 0.15) is 13.8 Å². The summed E-state index contributed by atoms with van der Waals surface area (Å²) in [6.45, 7) is 3.77. The number of nitrogen functional groups attached to an aromatic ring is 1. The molecule has 0 saturated heterocycles. The van der Waals surface area contributed by atoms with E-state index in [1.54, 1.807) is 0 Å². The molecule has 2 aromatic rings. The average Bonchev–Trinajstić information content (AvgIpc) is 2.55. The Hall–Kier alpha value is -2.11. The lowest BCUT2D eigenvalue weighted by Gasteiger charge is -2.10. The van der Waals surface area contributed by atoms with Gasteiger partial charge in [0.25, 0.3) is 0 Å². The van der Waals surface area contributed by atoms with E-state index in [0.717, 1.165) is 0 Å². The van der Waals surface area contributed by atoms with E-state index < -0.39 is 0 Å². The number of carbonyl (C=O) groups is 1. The Kier molecular flexibility index (Phi) is 3.18. The van der Waals surface area contributed by atoms with Crippen LogP contribution in [0.5, 0.6) is 0 Å². The molecular weight excluding hydrogens is 235 g/mol. The average molecular weight is 250 g/mol. The first-order valence-corrected chi connectivity index (χ1v) is 5.68. The van der Waals surface area contributed by atoms with Crippen LogP contribution in [0.25, 0.3) is 11.0 Å². The molecule has 1 amide bonds. The Morgan fingerprint density at radius 3 is 2.94 bits per heavy atom. The molecule has 18 heavy (non-hydrogen) atoms. The summed E-state index contributed by atoms with van der Waals surface area (Å²) in [4.78, 5) is 15.8. The Balaban J connectivity index is 2.35. The quantitative estimate of drug-likeness (QED) is 0.862. The van der Waals surface area contributed by atoms with Crippen molar-refractivity contribution >= 4 is 22.9 Å².